The summed E-state index contributed by atoms with van der Waals surface area (Å²) in [6, 6.07) is 1.84. The van der Waals surface area contributed by atoms with E-state index < -0.39 is 5.69 Å². The van der Waals surface area contributed by atoms with Crippen molar-refractivity contribution in [3.8, 4) is 5.88 Å². The number of nitrogens with zero attached hydrogens (tertiary/aromatic N) is 7. The lowest BCUT2D eigenvalue weighted by Crippen LogP contribution is -2.47. The van der Waals surface area contributed by atoms with Gasteiger partial charge in [-0.1, -0.05) is 0 Å². The first kappa shape index (κ1) is 18.2. The van der Waals surface area contributed by atoms with Gasteiger partial charge in [0.25, 0.3) is 0 Å². The molecule has 2 aromatic heterocycles. The zero-order valence-electron chi connectivity index (χ0n) is 15.1. The van der Waals surface area contributed by atoms with E-state index in [2.05, 4.69) is 29.9 Å². The second kappa shape index (κ2) is 9.23. The maximum Gasteiger partial charge on any atom is 0.366 e. The molecule has 0 amide bonds. The third-order valence-electron chi connectivity index (χ3n) is 4.40. The van der Waals surface area contributed by atoms with Gasteiger partial charge in [-0.05, 0) is 31.9 Å². The van der Waals surface area contributed by atoms with Crippen LogP contribution >= 0.6 is 0 Å². The highest BCUT2D eigenvalue weighted by Crippen LogP contribution is 2.10. The van der Waals surface area contributed by atoms with Gasteiger partial charge in [-0.2, -0.15) is 10.1 Å². The van der Waals surface area contributed by atoms with Gasteiger partial charge >= 0.3 is 5.69 Å². The Kier molecular flexibility index (Phi) is 6.48. The maximum atomic E-state index is 11.4. The number of unbranched alkanes of at least 4 members (excludes halogenated alkanes) is 2. The first-order valence-electron chi connectivity index (χ1n) is 9.00. The van der Waals surface area contributed by atoms with Gasteiger partial charge in [0.05, 0.1) is 6.61 Å². The van der Waals surface area contributed by atoms with Crippen LogP contribution in [0.15, 0.2) is 29.5 Å². The lowest BCUT2D eigenvalue weighted by Gasteiger charge is -2.34. The Morgan fingerprint density at radius 1 is 1.08 bits per heavy atom. The van der Waals surface area contributed by atoms with Crippen LogP contribution in [0.5, 0.6) is 5.88 Å². The lowest BCUT2D eigenvalue weighted by atomic mass is 10.2. The maximum absolute atomic E-state index is 11.4. The van der Waals surface area contributed by atoms with Gasteiger partial charge in [-0.25, -0.2) is 19.4 Å². The zero-order chi connectivity index (χ0) is 18.2. The highest BCUT2D eigenvalue weighted by atomic mass is 16.5. The topological polar surface area (TPSA) is 89.3 Å². The number of ether oxygens (including phenoxy) is 1. The Labute approximate surface area is 152 Å². The van der Waals surface area contributed by atoms with Crippen molar-refractivity contribution in [1.29, 1.82) is 0 Å². The fraction of sp³-hybridized carbons (Fsp3) is 0.588. The van der Waals surface area contributed by atoms with Crippen molar-refractivity contribution in [3.05, 3.63) is 35.1 Å². The van der Waals surface area contributed by atoms with Crippen molar-refractivity contribution in [2.45, 2.75) is 19.3 Å². The first-order valence-corrected chi connectivity index (χ1v) is 9.00. The molecular weight excluding hydrogens is 334 g/mol. The van der Waals surface area contributed by atoms with E-state index in [4.69, 9.17) is 4.74 Å². The van der Waals surface area contributed by atoms with Crippen molar-refractivity contribution < 1.29 is 4.74 Å². The Bertz CT molecular complexity index is 729. The van der Waals surface area contributed by atoms with Crippen LogP contribution in [0, 0.1) is 0 Å². The van der Waals surface area contributed by atoms with Crippen LogP contribution in [0.25, 0.3) is 0 Å². The molecule has 26 heavy (non-hydrogen) atoms. The first-order chi connectivity index (χ1) is 12.7. The lowest BCUT2D eigenvalue weighted by molar-refractivity contribution is 0.243. The highest BCUT2D eigenvalue weighted by molar-refractivity contribution is 5.29. The third kappa shape index (κ3) is 5.22. The van der Waals surface area contributed by atoms with Crippen molar-refractivity contribution in [2.24, 2.45) is 7.05 Å². The van der Waals surface area contributed by atoms with Gasteiger partial charge in [0.1, 0.15) is 6.20 Å². The van der Waals surface area contributed by atoms with Crippen LogP contribution < -0.4 is 15.3 Å². The van der Waals surface area contributed by atoms with Gasteiger partial charge in [-0.3, -0.25) is 4.90 Å². The molecular formula is C17H25N7O2. The Morgan fingerprint density at radius 2 is 1.85 bits per heavy atom. The summed E-state index contributed by atoms with van der Waals surface area (Å²) < 4.78 is 6.65. The summed E-state index contributed by atoms with van der Waals surface area (Å²) in [4.78, 5) is 28.5. The normalized spacial score (nSPS) is 15.2. The summed E-state index contributed by atoms with van der Waals surface area (Å²) in [6.45, 7) is 5.66. The molecule has 0 N–H and O–H groups in total. The van der Waals surface area contributed by atoms with Crippen molar-refractivity contribution in [1.82, 2.24) is 29.6 Å². The third-order valence-corrected chi connectivity index (χ3v) is 4.40. The molecule has 1 saturated heterocycles. The predicted molar refractivity (Wildman–Crippen MR) is 97.3 cm³/mol. The summed E-state index contributed by atoms with van der Waals surface area (Å²) >= 11 is 0. The van der Waals surface area contributed by atoms with E-state index in [0.29, 0.717) is 12.5 Å². The second-order valence-electron chi connectivity index (χ2n) is 6.29. The number of rotatable bonds is 8. The fourth-order valence-corrected chi connectivity index (χ4v) is 2.87. The molecule has 0 saturated carbocycles. The molecule has 140 valence electrons. The Hall–Kier alpha value is -2.55. The molecule has 3 heterocycles. The second-order valence-corrected chi connectivity index (χ2v) is 6.29. The SMILES string of the molecule is Cn1ncc(OCCCCCN2CCN(c3ncccn3)CC2)nc1=O. The number of hydrogen-bond acceptors (Lipinski definition) is 8. The Balaban J connectivity index is 1.27. The van der Waals surface area contributed by atoms with Crippen molar-refractivity contribution in [2.75, 3.05) is 44.2 Å². The van der Waals surface area contributed by atoms with E-state index in [1.807, 2.05) is 6.07 Å². The summed E-state index contributed by atoms with van der Waals surface area (Å²) in [5, 5.41) is 3.88. The standard InChI is InChI=1S/C17H25N7O2/c1-22-17(25)21-15(14-20-22)26-13-4-2-3-8-23-9-11-24(12-10-23)16-18-6-5-7-19-16/h5-7,14H,2-4,8-13H2,1H3. The Morgan fingerprint density at radius 3 is 2.58 bits per heavy atom. The summed E-state index contributed by atoms with van der Waals surface area (Å²) in [7, 11) is 1.56. The van der Waals surface area contributed by atoms with Gasteiger partial charge in [0.15, 0.2) is 0 Å². The van der Waals surface area contributed by atoms with Crippen molar-refractivity contribution in [3.63, 3.8) is 0 Å². The van der Waals surface area contributed by atoms with E-state index in [-0.39, 0.29) is 0 Å². The number of piperazine rings is 1. The molecule has 9 nitrogen and oxygen atoms in total. The van der Waals surface area contributed by atoms with Crippen LogP contribution in [0.4, 0.5) is 5.95 Å². The van der Waals surface area contributed by atoms with E-state index in [0.717, 1.165) is 57.9 Å². The molecule has 9 heteroatoms. The molecule has 0 atom stereocenters. The molecule has 1 aliphatic rings. The van der Waals surface area contributed by atoms with Crippen LogP contribution in [-0.4, -0.2) is 69.0 Å². The van der Waals surface area contributed by atoms with Gasteiger partial charge in [-0.15, -0.1) is 0 Å². The molecule has 1 fully saturated rings. The predicted octanol–water partition coefficient (Wildman–Crippen LogP) is 0.337. The average Bonchev–Trinajstić information content (AvgIpc) is 2.68. The van der Waals surface area contributed by atoms with E-state index >= 15 is 0 Å². The quantitative estimate of drug-likeness (QED) is 0.623. The molecule has 0 radical (unpaired) electrons. The molecule has 0 aliphatic carbocycles. The average molecular weight is 359 g/mol. The summed E-state index contributed by atoms with van der Waals surface area (Å²) in [5.41, 5.74) is -0.400. The summed E-state index contributed by atoms with van der Waals surface area (Å²) in [5.74, 6) is 1.12. The monoisotopic (exact) mass is 359 g/mol. The minimum atomic E-state index is -0.400. The van der Waals surface area contributed by atoms with Gasteiger partial charge < -0.3 is 9.64 Å². The minimum absolute atomic E-state index is 0.298. The van der Waals surface area contributed by atoms with Crippen molar-refractivity contribution >= 4 is 5.95 Å². The molecule has 0 unspecified atom stereocenters. The fourth-order valence-electron chi connectivity index (χ4n) is 2.87. The summed E-state index contributed by atoms with van der Waals surface area (Å²) in [6.07, 6.45) is 8.20. The van der Waals surface area contributed by atoms with Crippen LogP contribution in [0.1, 0.15) is 19.3 Å². The number of hydrogen-bond donors (Lipinski definition) is 0. The molecule has 2 aromatic rings. The van der Waals surface area contributed by atoms with E-state index in [1.54, 1.807) is 19.4 Å². The van der Waals surface area contributed by atoms with Crippen LogP contribution in [-0.2, 0) is 7.05 Å². The molecule has 0 aromatic carbocycles. The van der Waals surface area contributed by atoms with Gasteiger partial charge in [0.2, 0.25) is 11.8 Å². The highest BCUT2D eigenvalue weighted by Gasteiger charge is 2.17. The van der Waals surface area contributed by atoms with Crippen LogP contribution in [0.3, 0.4) is 0 Å². The molecule has 0 bridgehead atoms. The van der Waals surface area contributed by atoms with Gasteiger partial charge in [0, 0.05) is 45.6 Å². The molecule has 3 rings (SSSR count). The number of anilines is 1. The minimum Gasteiger partial charge on any atom is -0.476 e. The zero-order valence-corrected chi connectivity index (χ0v) is 15.1. The molecule has 1 aliphatic heterocycles. The molecule has 0 spiro atoms. The number of aryl methyl sites for hydroxylation is 1. The largest absolute Gasteiger partial charge is 0.476 e. The van der Waals surface area contributed by atoms with Crippen LogP contribution in [0.2, 0.25) is 0 Å². The number of aromatic nitrogens is 5. The van der Waals surface area contributed by atoms with E-state index in [9.17, 15) is 4.79 Å². The smallest absolute Gasteiger partial charge is 0.366 e. The van der Waals surface area contributed by atoms with E-state index in [1.165, 1.54) is 10.9 Å².